The lowest BCUT2D eigenvalue weighted by atomic mass is 10.0. The largest absolute Gasteiger partial charge is 0.452 e. The number of H-pyrrole nitrogens is 1. The fourth-order valence-corrected chi connectivity index (χ4v) is 3.58. The van der Waals surface area contributed by atoms with Crippen LogP contribution in [0.5, 0.6) is 0 Å². The molecule has 3 aromatic rings. The monoisotopic (exact) mass is 376 g/mol. The van der Waals surface area contributed by atoms with E-state index in [1.165, 1.54) is 0 Å². The highest BCUT2D eigenvalue weighted by atomic mass is 16.5. The Hall–Kier alpha value is -3.08. The van der Waals surface area contributed by atoms with Crippen LogP contribution in [0.25, 0.3) is 10.9 Å². The number of fused-ring (bicyclic) bond motifs is 1. The van der Waals surface area contributed by atoms with Crippen molar-refractivity contribution in [1.82, 2.24) is 10.3 Å². The average molecular weight is 376 g/mol. The van der Waals surface area contributed by atoms with Crippen molar-refractivity contribution < 1.29 is 14.3 Å². The van der Waals surface area contributed by atoms with E-state index >= 15 is 0 Å². The number of aromatic amines is 1. The number of benzene rings is 2. The third-order valence-electron chi connectivity index (χ3n) is 5.45. The zero-order chi connectivity index (χ0) is 19.7. The zero-order valence-corrected chi connectivity index (χ0v) is 16.1. The summed E-state index contributed by atoms with van der Waals surface area (Å²) in [7, 11) is 0. The zero-order valence-electron chi connectivity index (χ0n) is 16.1. The molecule has 144 valence electrons. The molecule has 1 unspecified atom stereocenters. The molecule has 28 heavy (non-hydrogen) atoms. The van der Waals surface area contributed by atoms with Gasteiger partial charge in [-0.2, -0.15) is 0 Å². The summed E-state index contributed by atoms with van der Waals surface area (Å²) in [6, 6.07) is 15.3. The van der Waals surface area contributed by atoms with Crippen LogP contribution in [0, 0.1) is 19.8 Å². The van der Waals surface area contributed by atoms with E-state index in [0.29, 0.717) is 11.5 Å². The molecule has 1 heterocycles. The van der Waals surface area contributed by atoms with E-state index in [0.717, 1.165) is 40.6 Å². The average Bonchev–Trinajstić information content (AvgIpc) is 3.51. The highest BCUT2D eigenvalue weighted by Gasteiger charge is 2.33. The summed E-state index contributed by atoms with van der Waals surface area (Å²) >= 11 is 0. The number of ether oxygens (including phenoxy) is 1. The SMILES string of the molecule is Cc1[nH]c2ccc(C(=O)OCC(=O)NC(c3ccccc3)C3CC3)cc2c1C. The summed E-state index contributed by atoms with van der Waals surface area (Å²) in [6.07, 6.45) is 2.21. The lowest BCUT2D eigenvalue weighted by Gasteiger charge is -2.18. The number of carbonyl (C=O) groups is 2. The molecule has 1 aliphatic rings. The Balaban J connectivity index is 1.39. The molecule has 1 fully saturated rings. The van der Waals surface area contributed by atoms with Crippen molar-refractivity contribution in [1.29, 1.82) is 0 Å². The number of nitrogens with one attached hydrogen (secondary N) is 2. The Morgan fingerprint density at radius 2 is 1.89 bits per heavy atom. The molecule has 4 rings (SSSR count). The van der Waals surface area contributed by atoms with Crippen molar-refractivity contribution in [3.8, 4) is 0 Å². The Kier molecular flexibility index (Phi) is 4.90. The molecular weight excluding hydrogens is 352 g/mol. The number of esters is 1. The summed E-state index contributed by atoms with van der Waals surface area (Å²) in [5.74, 6) is -0.300. The van der Waals surface area contributed by atoms with Crippen LogP contribution in [0.2, 0.25) is 0 Å². The van der Waals surface area contributed by atoms with E-state index in [1.807, 2.05) is 56.3 Å². The van der Waals surface area contributed by atoms with Gasteiger partial charge in [0.1, 0.15) is 0 Å². The number of amides is 1. The van der Waals surface area contributed by atoms with Crippen molar-refractivity contribution in [2.75, 3.05) is 6.61 Å². The van der Waals surface area contributed by atoms with Crippen LogP contribution in [-0.2, 0) is 9.53 Å². The number of carbonyl (C=O) groups excluding carboxylic acids is 2. The summed E-state index contributed by atoms with van der Waals surface area (Å²) in [6.45, 7) is 3.73. The Bertz CT molecular complexity index is 1020. The molecule has 2 aromatic carbocycles. The quantitative estimate of drug-likeness (QED) is 0.633. The highest BCUT2D eigenvalue weighted by Crippen LogP contribution is 2.40. The Labute approximate surface area is 164 Å². The third-order valence-corrected chi connectivity index (χ3v) is 5.45. The fourth-order valence-electron chi connectivity index (χ4n) is 3.58. The first kappa shape index (κ1) is 18.3. The molecule has 5 nitrogen and oxygen atoms in total. The van der Waals surface area contributed by atoms with Gasteiger partial charge in [-0.3, -0.25) is 4.79 Å². The van der Waals surface area contributed by atoms with E-state index in [4.69, 9.17) is 4.74 Å². The maximum atomic E-state index is 12.4. The molecule has 1 saturated carbocycles. The van der Waals surface area contributed by atoms with Gasteiger partial charge in [0.05, 0.1) is 11.6 Å². The van der Waals surface area contributed by atoms with Crippen LogP contribution in [-0.4, -0.2) is 23.5 Å². The van der Waals surface area contributed by atoms with Crippen LogP contribution in [0.15, 0.2) is 48.5 Å². The van der Waals surface area contributed by atoms with E-state index in [2.05, 4.69) is 10.3 Å². The number of aromatic nitrogens is 1. The Morgan fingerprint density at radius 3 is 2.61 bits per heavy atom. The molecule has 0 aliphatic heterocycles. The molecule has 0 bridgehead atoms. The van der Waals surface area contributed by atoms with Crippen molar-refractivity contribution in [3.63, 3.8) is 0 Å². The standard InChI is InChI=1S/C23H24N2O3/c1-14-15(2)24-20-11-10-18(12-19(14)20)23(27)28-13-21(26)25-22(17-8-9-17)16-6-4-3-5-7-16/h3-7,10-12,17,22,24H,8-9,13H2,1-2H3,(H,25,26). The minimum Gasteiger partial charge on any atom is -0.452 e. The van der Waals surface area contributed by atoms with Gasteiger partial charge in [-0.15, -0.1) is 0 Å². The first-order valence-corrected chi connectivity index (χ1v) is 9.63. The topological polar surface area (TPSA) is 71.2 Å². The Morgan fingerprint density at radius 1 is 1.14 bits per heavy atom. The van der Waals surface area contributed by atoms with Crippen molar-refractivity contribution in [2.24, 2.45) is 5.92 Å². The van der Waals surface area contributed by atoms with Crippen molar-refractivity contribution in [3.05, 3.63) is 70.9 Å². The first-order chi connectivity index (χ1) is 13.5. The van der Waals surface area contributed by atoms with E-state index in [1.54, 1.807) is 6.07 Å². The fraction of sp³-hybridized carbons (Fsp3) is 0.304. The van der Waals surface area contributed by atoms with Gasteiger partial charge < -0.3 is 15.0 Å². The van der Waals surface area contributed by atoms with E-state index < -0.39 is 5.97 Å². The minimum absolute atomic E-state index is 0.0192. The molecule has 1 aliphatic carbocycles. The number of hydrogen-bond donors (Lipinski definition) is 2. The predicted molar refractivity (Wildman–Crippen MR) is 108 cm³/mol. The van der Waals surface area contributed by atoms with Gasteiger partial charge in [-0.25, -0.2) is 4.79 Å². The second-order valence-corrected chi connectivity index (χ2v) is 7.50. The predicted octanol–water partition coefficient (Wildman–Crippen LogP) is 4.21. The maximum absolute atomic E-state index is 12.4. The van der Waals surface area contributed by atoms with Crippen LogP contribution in [0.1, 0.15) is 46.1 Å². The van der Waals surface area contributed by atoms with Gasteiger partial charge in [-0.1, -0.05) is 30.3 Å². The molecule has 1 aromatic heterocycles. The van der Waals surface area contributed by atoms with Gasteiger partial charge in [-0.05, 0) is 61.9 Å². The van der Waals surface area contributed by atoms with E-state index in [9.17, 15) is 9.59 Å². The van der Waals surface area contributed by atoms with Crippen LogP contribution >= 0.6 is 0 Å². The molecular formula is C23H24N2O3. The molecule has 0 radical (unpaired) electrons. The third kappa shape index (κ3) is 3.79. The van der Waals surface area contributed by atoms with Gasteiger partial charge in [0.25, 0.3) is 5.91 Å². The summed E-state index contributed by atoms with van der Waals surface area (Å²) in [5.41, 5.74) is 4.71. The normalized spacial score (nSPS) is 14.6. The smallest absolute Gasteiger partial charge is 0.338 e. The molecule has 5 heteroatoms. The lowest BCUT2D eigenvalue weighted by molar-refractivity contribution is -0.125. The van der Waals surface area contributed by atoms with Crippen LogP contribution < -0.4 is 5.32 Å². The molecule has 1 amide bonds. The lowest BCUT2D eigenvalue weighted by Crippen LogP contribution is -2.33. The number of hydrogen-bond acceptors (Lipinski definition) is 3. The molecule has 1 atom stereocenters. The number of aryl methyl sites for hydroxylation is 2. The van der Waals surface area contributed by atoms with Crippen LogP contribution in [0.3, 0.4) is 0 Å². The van der Waals surface area contributed by atoms with Gasteiger partial charge in [0.2, 0.25) is 0 Å². The summed E-state index contributed by atoms with van der Waals surface area (Å²) in [5, 5.41) is 4.02. The van der Waals surface area contributed by atoms with Crippen molar-refractivity contribution in [2.45, 2.75) is 32.7 Å². The molecule has 2 N–H and O–H groups in total. The van der Waals surface area contributed by atoms with Gasteiger partial charge in [0.15, 0.2) is 6.61 Å². The highest BCUT2D eigenvalue weighted by molar-refractivity contribution is 5.96. The van der Waals surface area contributed by atoms with Gasteiger partial charge in [0, 0.05) is 16.6 Å². The van der Waals surface area contributed by atoms with Crippen LogP contribution in [0.4, 0.5) is 0 Å². The van der Waals surface area contributed by atoms with Crippen molar-refractivity contribution >= 4 is 22.8 Å². The maximum Gasteiger partial charge on any atom is 0.338 e. The second kappa shape index (κ2) is 7.50. The first-order valence-electron chi connectivity index (χ1n) is 9.63. The minimum atomic E-state index is -0.488. The van der Waals surface area contributed by atoms with E-state index in [-0.39, 0.29) is 18.6 Å². The summed E-state index contributed by atoms with van der Waals surface area (Å²) in [4.78, 5) is 28.1. The van der Waals surface area contributed by atoms with Gasteiger partial charge >= 0.3 is 5.97 Å². The molecule has 0 saturated heterocycles. The second-order valence-electron chi connectivity index (χ2n) is 7.50. The molecule has 0 spiro atoms. The summed E-state index contributed by atoms with van der Waals surface area (Å²) < 4.78 is 5.26. The number of rotatable bonds is 6.